The van der Waals surface area contributed by atoms with Crippen LogP contribution in [0.5, 0.6) is 0 Å². The molecule has 3 nitrogen and oxygen atoms in total. The summed E-state index contributed by atoms with van der Waals surface area (Å²) in [5.41, 5.74) is 0. The molecule has 0 unspecified atom stereocenters. The van der Waals surface area contributed by atoms with Gasteiger partial charge in [-0.15, -0.1) is 0 Å². The monoisotopic (exact) mass is 167 g/mol. The zero-order chi connectivity index (χ0) is 8.81. The van der Waals surface area contributed by atoms with Gasteiger partial charge in [-0.25, -0.2) is 0 Å². The lowest BCUT2D eigenvalue weighted by atomic mass is 10.1. The van der Waals surface area contributed by atoms with E-state index in [2.05, 4.69) is 9.55 Å². The predicted octanol–water partition coefficient (Wildman–Crippen LogP) is 0.489. The summed E-state index contributed by atoms with van der Waals surface area (Å²) < 4.78 is 4.08. The number of carbonyl (C=O) groups excluding carboxylic acids is 1. The Balaban J connectivity index is 2.09. The second kappa shape index (κ2) is 5.20. The third-order valence-corrected chi connectivity index (χ3v) is 2.21. The van der Waals surface area contributed by atoms with Gasteiger partial charge in [0.15, 0.2) is 0 Å². The van der Waals surface area contributed by atoms with E-state index in [4.69, 9.17) is 8.05 Å². The van der Waals surface area contributed by atoms with Crippen LogP contribution in [0.1, 0.15) is 25.7 Å². The van der Waals surface area contributed by atoms with Crippen LogP contribution >= 0.6 is 0 Å². The van der Waals surface area contributed by atoms with Crippen LogP contribution in [0.4, 0.5) is 0 Å². The molecule has 1 fully saturated rings. The molecule has 2 radical (unpaired) electrons. The molecule has 0 aromatic carbocycles. The van der Waals surface area contributed by atoms with Gasteiger partial charge in [-0.1, -0.05) is 6.42 Å². The highest BCUT2D eigenvalue weighted by atomic mass is 16.5. The van der Waals surface area contributed by atoms with E-state index in [0.717, 1.165) is 19.6 Å². The van der Waals surface area contributed by atoms with E-state index >= 15 is 0 Å². The molecule has 1 aliphatic heterocycles. The van der Waals surface area contributed by atoms with Crippen LogP contribution < -0.4 is 0 Å². The Bertz CT molecular complexity index is 146. The number of hydrogen-bond acceptors (Lipinski definition) is 3. The van der Waals surface area contributed by atoms with Crippen LogP contribution in [0.15, 0.2) is 0 Å². The maximum absolute atomic E-state index is 10.7. The molecule has 0 aromatic rings. The first kappa shape index (κ1) is 9.58. The van der Waals surface area contributed by atoms with Gasteiger partial charge in [0.2, 0.25) is 0 Å². The highest BCUT2D eigenvalue weighted by Gasteiger charge is 2.10. The Morgan fingerprint density at radius 1 is 1.33 bits per heavy atom. The first-order chi connectivity index (χ1) is 5.83. The average molecular weight is 167 g/mol. The second-order valence-corrected chi connectivity index (χ2v) is 3.14. The van der Waals surface area contributed by atoms with Gasteiger partial charge in [0.25, 0.3) is 5.97 Å². The minimum atomic E-state index is -0.319. The molecule has 4 heteroatoms. The molecule has 0 amide bonds. The maximum Gasteiger partial charge on any atom is 0.378 e. The minimum absolute atomic E-state index is 0.319. The number of piperidine rings is 1. The molecule has 0 spiro atoms. The van der Waals surface area contributed by atoms with Gasteiger partial charge in [0.1, 0.15) is 0 Å². The standard InChI is InChI=1S/C8H14BNO2/c9-12-8(11)4-7-10-5-2-1-3-6-10/h1-7H2. The largest absolute Gasteiger partial charge is 0.543 e. The van der Waals surface area contributed by atoms with E-state index in [0.29, 0.717) is 6.42 Å². The van der Waals surface area contributed by atoms with Gasteiger partial charge in [0.05, 0.1) is 6.42 Å². The quantitative estimate of drug-likeness (QED) is 0.573. The first-order valence-electron chi connectivity index (χ1n) is 4.45. The number of likely N-dealkylation sites (tertiary alicyclic amines) is 1. The van der Waals surface area contributed by atoms with E-state index in [1.54, 1.807) is 0 Å². The molecule has 1 aliphatic rings. The van der Waals surface area contributed by atoms with Crippen LogP contribution in [0.3, 0.4) is 0 Å². The van der Waals surface area contributed by atoms with Crippen LogP contribution in [0.2, 0.25) is 0 Å². The highest BCUT2D eigenvalue weighted by Crippen LogP contribution is 2.08. The zero-order valence-corrected chi connectivity index (χ0v) is 7.29. The SMILES string of the molecule is [B]OC(=O)CCN1CCCCC1. The van der Waals surface area contributed by atoms with Crippen molar-refractivity contribution in [3.05, 3.63) is 0 Å². The minimum Gasteiger partial charge on any atom is -0.543 e. The summed E-state index contributed by atoms with van der Waals surface area (Å²) in [5.74, 6) is -0.319. The summed E-state index contributed by atoms with van der Waals surface area (Å²) in [4.78, 5) is 13.0. The fourth-order valence-electron chi connectivity index (χ4n) is 1.49. The zero-order valence-electron chi connectivity index (χ0n) is 7.29. The summed E-state index contributed by atoms with van der Waals surface area (Å²) >= 11 is 0. The molecule has 0 atom stereocenters. The van der Waals surface area contributed by atoms with Crippen molar-refractivity contribution in [2.75, 3.05) is 19.6 Å². The topological polar surface area (TPSA) is 29.5 Å². The van der Waals surface area contributed by atoms with Crippen LogP contribution in [0.25, 0.3) is 0 Å². The van der Waals surface area contributed by atoms with Gasteiger partial charge < -0.3 is 9.55 Å². The Kier molecular flexibility index (Phi) is 4.15. The molecule has 12 heavy (non-hydrogen) atoms. The fourth-order valence-corrected chi connectivity index (χ4v) is 1.49. The Labute approximate surface area is 74.5 Å². The lowest BCUT2D eigenvalue weighted by Gasteiger charge is -2.25. The lowest BCUT2D eigenvalue weighted by molar-refractivity contribution is -0.134. The molecule has 0 N–H and O–H groups in total. The van der Waals surface area contributed by atoms with Crippen molar-refractivity contribution in [1.29, 1.82) is 0 Å². The van der Waals surface area contributed by atoms with Gasteiger partial charge in [-0.3, -0.25) is 4.79 Å². The summed E-state index contributed by atoms with van der Waals surface area (Å²) in [6, 6.07) is 0. The molecule has 0 bridgehead atoms. The number of hydrogen-bond donors (Lipinski definition) is 0. The lowest BCUT2D eigenvalue weighted by Crippen LogP contribution is -2.31. The van der Waals surface area contributed by atoms with Gasteiger partial charge in [-0.05, 0) is 25.9 Å². The van der Waals surface area contributed by atoms with Crippen LogP contribution in [-0.2, 0) is 9.45 Å². The first-order valence-corrected chi connectivity index (χ1v) is 4.45. The number of nitrogens with zero attached hydrogens (tertiary/aromatic N) is 1. The van der Waals surface area contributed by atoms with E-state index in [9.17, 15) is 4.79 Å². The van der Waals surface area contributed by atoms with Crippen molar-refractivity contribution in [3.63, 3.8) is 0 Å². The molecule has 0 aromatic heterocycles. The van der Waals surface area contributed by atoms with Gasteiger partial charge >= 0.3 is 8.05 Å². The molecule has 1 rings (SSSR count). The number of rotatable bonds is 3. The van der Waals surface area contributed by atoms with Crippen molar-refractivity contribution in [3.8, 4) is 0 Å². The Hall–Kier alpha value is -0.505. The molecular weight excluding hydrogens is 153 g/mol. The highest BCUT2D eigenvalue weighted by molar-refractivity contribution is 6.05. The third-order valence-electron chi connectivity index (χ3n) is 2.21. The summed E-state index contributed by atoms with van der Waals surface area (Å²) in [5, 5.41) is 0. The van der Waals surface area contributed by atoms with Gasteiger partial charge in [-0.2, -0.15) is 0 Å². The van der Waals surface area contributed by atoms with Crippen molar-refractivity contribution in [2.24, 2.45) is 0 Å². The van der Waals surface area contributed by atoms with Crippen molar-refractivity contribution < 1.29 is 9.45 Å². The van der Waals surface area contributed by atoms with Crippen molar-refractivity contribution >= 4 is 14.0 Å². The third kappa shape index (κ3) is 3.26. The van der Waals surface area contributed by atoms with E-state index in [1.165, 1.54) is 19.3 Å². The van der Waals surface area contributed by atoms with Crippen molar-refractivity contribution in [2.45, 2.75) is 25.7 Å². The summed E-state index contributed by atoms with van der Waals surface area (Å²) in [6.45, 7) is 3.01. The summed E-state index contributed by atoms with van der Waals surface area (Å²) in [7, 11) is 4.72. The Morgan fingerprint density at radius 2 is 2.00 bits per heavy atom. The van der Waals surface area contributed by atoms with E-state index < -0.39 is 0 Å². The Morgan fingerprint density at radius 3 is 2.58 bits per heavy atom. The second-order valence-electron chi connectivity index (χ2n) is 3.14. The van der Waals surface area contributed by atoms with Crippen LogP contribution in [-0.4, -0.2) is 38.6 Å². The molecule has 66 valence electrons. The van der Waals surface area contributed by atoms with Gasteiger partial charge in [0, 0.05) is 6.54 Å². The van der Waals surface area contributed by atoms with Crippen LogP contribution in [0, 0.1) is 0 Å². The molecular formula is C8H14BNO2. The normalized spacial score (nSPS) is 19.0. The molecule has 0 saturated carbocycles. The van der Waals surface area contributed by atoms with E-state index in [-0.39, 0.29) is 5.97 Å². The van der Waals surface area contributed by atoms with Crippen molar-refractivity contribution in [1.82, 2.24) is 4.90 Å². The fraction of sp³-hybridized carbons (Fsp3) is 0.875. The summed E-state index contributed by atoms with van der Waals surface area (Å²) in [6.07, 6.45) is 4.23. The molecule has 1 saturated heterocycles. The molecule has 0 aliphatic carbocycles. The molecule has 1 heterocycles. The smallest absolute Gasteiger partial charge is 0.378 e. The average Bonchev–Trinajstić information content (AvgIpc) is 2.16. The predicted molar refractivity (Wildman–Crippen MR) is 46.8 cm³/mol. The van der Waals surface area contributed by atoms with E-state index in [1.807, 2.05) is 0 Å². The number of carbonyl (C=O) groups is 1. The maximum atomic E-state index is 10.7.